The number of rotatable bonds is 7. The van der Waals surface area contributed by atoms with Crippen LogP contribution in [0.2, 0.25) is 0 Å². The maximum absolute atomic E-state index is 13.1. The molecule has 226 valence electrons. The van der Waals surface area contributed by atoms with Crippen LogP contribution in [0.1, 0.15) is 119 Å². The van der Waals surface area contributed by atoms with Crippen molar-refractivity contribution in [3.63, 3.8) is 0 Å². The first-order valence-electron chi connectivity index (χ1n) is 16.5. The van der Waals surface area contributed by atoms with Crippen molar-refractivity contribution < 1.29 is 19.4 Å². The Hall–Kier alpha value is -0.890. The fraction of sp³-hybridized carbons (Fsp3) is 0.886. The Labute approximate surface area is 246 Å². The molecule has 0 spiro atoms. The molecule has 0 aliphatic heterocycles. The maximum Gasteiger partial charge on any atom is 0.309 e. The highest BCUT2D eigenvalue weighted by molar-refractivity contribution is 7.16. The van der Waals surface area contributed by atoms with E-state index < -0.39 is 11.4 Å². The summed E-state index contributed by atoms with van der Waals surface area (Å²) in [6, 6.07) is 0. The number of hydrogen-bond donors (Lipinski definition) is 1. The molecule has 0 aromatic rings. The molecule has 5 saturated carbocycles. The van der Waals surface area contributed by atoms with E-state index in [1.165, 1.54) is 37.7 Å². The van der Waals surface area contributed by atoms with E-state index in [4.69, 9.17) is 4.74 Å². The summed E-state index contributed by atoms with van der Waals surface area (Å²) < 4.78 is 5.75. The van der Waals surface area contributed by atoms with Crippen LogP contribution in [-0.2, 0) is 14.3 Å². The summed E-state index contributed by atoms with van der Waals surface area (Å²) >= 11 is 0. The van der Waals surface area contributed by atoms with E-state index >= 15 is 0 Å². The quantitative estimate of drug-likeness (QED) is 0.189. The highest BCUT2D eigenvalue weighted by atomic mass is 31.0. The van der Waals surface area contributed by atoms with E-state index in [2.05, 4.69) is 50.4 Å². The van der Waals surface area contributed by atoms with Gasteiger partial charge in [0.25, 0.3) is 0 Å². The van der Waals surface area contributed by atoms with Gasteiger partial charge < -0.3 is 9.84 Å². The van der Waals surface area contributed by atoms with Crippen molar-refractivity contribution in [2.45, 2.75) is 119 Å². The van der Waals surface area contributed by atoms with E-state index in [1.807, 2.05) is 0 Å². The predicted octanol–water partition coefficient (Wildman–Crippen LogP) is 8.54. The number of ether oxygens (including phenoxy) is 1. The van der Waals surface area contributed by atoms with Crippen LogP contribution in [0.15, 0.2) is 12.2 Å². The molecule has 0 radical (unpaired) electrons. The van der Waals surface area contributed by atoms with Gasteiger partial charge in [0.2, 0.25) is 0 Å². The largest absolute Gasteiger partial charge is 0.481 e. The number of aliphatic carboxylic acids is 1. The number of allylic oxidation sites excluding steroid dienone is 1. The molecular weight excluding hydrogens is 515 g/mol. The normalized spacial score (nSPS) is 49.7. The van der Waals surface area contributed by atoms with Gasteiger partial charge in [-0.25, -0.2) is 0 Å². The van der Waals surface area contributed by atoms with Gasteiger partial charge in [-0.05, 0) is 135 Å². The van der Waals surface area contributed by atoms with Gasteiger partial charge >= 0.3 is 11.9 Å². The molecule has 0 aromatic heterocycles. The number of esters is 1. The molecule has 5 heteroatoms. The molecule has 5 unspecified atom stereocenters. The second kappa shape index (κ2) is 10.4. The lowest BCUT2D eigenvalue weighted by Crippen LogP contribution is -2.67. The smallest absolute Gasteiger partial charge is 0.309 e. The predicted molar refractivity (Wildman–Crippen MR) is 165 cm³/mol. The highest BCUT2D eigenvalue weighted by Gasteiger charge is 2.72. The van der Waals surface area contributed by atoms with Crippen molar-refractivity contribution in [3.05, 3.63) is 12.2 Å². The minimum atomic E-state index is -0.564. The van der Waals surface area contributed by atoms with Crippen LogP contribution >= 0.6 is 9.24 Å². The monoisotopic (exact) mass is 572 g/mol. The fourth-order valence-corrected chi connectivity index (χ4v) is 12.6. The Kier molecular flexibility index (Phi) is 7.93. The summed E-state index contributed by atoms with van der Waals surface area (Å²) in [4.78, 5) is 24.9. The molecule has 0 bridgehead atoms. The average molecular weight is 573 g/mol. The highest BCUT2D eigenvalue weighted by Crippen LogP contribution is 2.78. The van der Waals surface area contributed by atoms with Crippen LogP contribution in [0, 0.1) is 62.6 Å². The van der Waals surface area contributed by atoms with Crippen LogP contribution in [-0.4, -0.2) is 29.8 Å². The molecule has 5 rings (SSSR count). The third-order valence-electron chi connectivity index (χ3n) is 15.0. The zero-order valence-electron chi connectivity index (χ0n) is 26.3. The third kappa shape index (κ3) is 4.14. The minimum absolute atomic E-state index is 0.00856. The van der Waals surface area contributed by atoms with Gasteiger partial charge in [-0.1, -0.05) is 46.8 Å². The van der Waals surface area contributed by atoms with Gasteiger partial charge in [0.1, 0.15) is 0 Å². The van der Waals surface area contributed by atoms with Crippen molar-refractivity contribution in [3.8, 4) is 0 Å². The summed E-state index contributed by atoms with van der Waals surface area (Å²) in [7, 11) is 2.84. The van der Waals surface area contributed by atoms with Crippen LogP contribution in [0.5, 0.6) is 0 Å². The lowest BCUT2D eigenvalue weighted by Gasteiger charge is -2.73. The number of carboxylic acids is 1. The Morgan fingerprint density at radius 2 is 1.65 bits per heavy atom. The molecule has 12 atom stereocenters. The van der Waals surface area contributed by atoms with Gasteiger partial charge in [-0.2, -0.15) is 0 Å². The molecule has 1 N–H and O–H groups in total. The fourth-order valence-electron chi connectivity index (χ4n) is 12.4. The summed E-state index contributed by atoms with van der Waals surface area (Å²) in [6.45, 7) is 19.3. The Morgan fingerprint density at radius 3 is 2.30 bits per heavy atom. The molecule has 0 aromatic carbocycles. The first-order chi connectivity index (χ1) is 18.7. The topological polar surface area (TPSA) is 63.6 Å². The molecular formula is C35H57O4P. The molecule has 0 heterocycles. The number of carbonyl (C=O) groups is 2. The molecule has 5 fully saturated rings. The van der Waals surface area contributed by atoms with Gasteiger partial charge in [0, 0.05) is 12.3 Å². The van der Waals surface area contributed by atoms with Gasteiger partial charge in [-0.3, -0.25) is 9.59 Å². The molecule has 0 amide bonds. The number of carbonyl (C=O) groups excluding carboxylic acids is 1. The van der Waals surface area contributed by atoms with E-state index in [1.54, 1.807) is 6.92 Å². The molecule has 40 heavy (non-hydrogen) atoms. The Bertz CT molecular complexity index is 1040. The average Bonchev–Trinajstić information content (AvgIpc) is 3.30. The minimum Gasteiger partial charge on any atom is -0.481 e. The second-order valence-corrected chi connectivity index (χ2v) is 16.7. The van der Waals surface area contributed by atoms with E-state index in [0.717, 1.165) is 51.1 Å². The Morgan fingerprint density at radius 1 is 0.925 bits per heavy atom. The molecule has 4 nitrogen and oxygen atoms in total. The third-order valence-corrected chi connectivity index (χ3v) is 15.4. The maximum atomic E-state index is 13.1. The number of hydrogen-bond acceptors (Lipinski definition) is 3. The lowest BCUT2D eigenvalue weighted by molar-refractivity contribution is -0.248. The van der Waals surface area contributed by atoms with E-state index in [-0.39, 0.29) is 33.5 Å². The molecule has 5 aliphatic carbocycles. The zero-order valence-corrected chi connectivity index (χ0v) is 27.5. The van der Waals surface area contributed by atoms with E-state index in [0.29, 0.717) is 36.2 Å². The van der Waals surface area contributed by atoms with Crippen molar-refractivity contribution >= 4 is 21.2 Å². The zero-order chi connectivity index (χ0) is 29.3. The first-order valence-corrected chi connectivity index (χ1v) is 17.3. The summed E-state index contributed by atoms with van der Waals surface area (Å²) in [5, 5.41) is 10.7. The number of carboxylic acid groups (broad SMARTS) is 1. The molecule has 0 saturated heterocycles. The van der Waals surface area contributed by atoms with E-state index in [9.17, 15) is 14.7 Å². The van der Waals surface area contributed by atoms with Gasteiger partial charge in [0.15, 0.2) is 0 Å². The van der Waals surface area contributed by atoms with Crippen LogP contribution in [0.25, 0.3) is 0 Å². The molecule has 5 aliphatic rings. The first kappa shape index (κ1) is 30.6. The summed E-state index contributed by atoms with van der Waals surface area (Å²) in [6.07, 6.45) is 14.1. The van der Waals surface area contributed by atoms with Crippen molar-refractivity contribution in [1.82, 2.24) is 0 Å². The standard InChI is InChI=1S/C35H57O4P/c1-22(9-8-20-40)25-13-17-35(30(37)38)19-18-33(6)26(29(25)35)10-11-28-31(4)15-12-23(2)32(5,21-39-24(3)36)27(31)14-16-34(28,33)7/h23,25-29H,1,8-21,40H2,2-7H3,(H,37,38)/t23-,25-,26?,27?,28?,29?,31-,32+,33+,34+,35-/m0/s1. The van der Waals surface area contributed by atoms with Gasteiger partial charge in [0.05, 0.1) is 12.0 Å². The Balaban J connectivity index is 1.51. The number of fused-ring (bicyclic) bond motifs is 7. The van der Waals surface area contributed by atoms with Crippen molar-refractivity contribution in [2.75, 3.05) is 12.8 Å². The van der Waals surface area contributed by atoms with Crippen LogP contribution in [0.3, 0.4) is 0 Å². The lowest BCUT2D eigenvalue weighted by atomic mass is 9.32. The summed E-state index contributed by atoms with van der Waals surface area (Å²) in [5.41, 5.74) is 1.34. The van der Waals surface area contributed by atoms with Crippen molar-refractivity contribution in [2.24, 2.45) is 62.6 Å². The SMILES string of the molecule is C=C(CCCP)[C@@H]1CC[C@]2(C(=O)O)CC[C@]3(C)C(CCC4[C@@]5(C)CC[C@H](C)[C@@](C)(COC(C)=O)C5CC[C@]43C)C12. The van der Waals surface area contributed by atoms with Crippen molar-refractivity contribution in [1.29, 1.82) is 0 Å². The second-order valence-electron chi connectivity index (χ2n) is 16.1. The van der Waals surface area contributed by atoms with Gasteiger partial charge in [-0.15, -0.1) is 9.24 Å². The summed E-state index contributed by atoms with van der Waals surface area (Å²) in [5.74, 6) is 2.05. The van der Waals surface area contributed by atoms with Crippen LogP contribution < -0.4 is 0 Å². The van der Waals surface area contributed by atoms with Crippen LogP contribution in [0.4, 0.5) is 0 Å².